The largest absolute Gasteiger partial charge is 0.353 e. The predicted molar refractivity (Wildman–Crippen MR) is 113 cm³/mol. The van der Waals surface area contributed by atoms with Crippen LogP contribution in [-0.4, -0.2) is 40.6 Å². The molecule has 0 atom stereocenters. The van der Waals surface area contributed by atoms with Crippen molar-refractivity contribution in [1.82, 2.24) is 20.4 Å². The average molecular weight is 413 g/mol. The number of nitrogens with zero attached hydrogens (tertiary/aromatic N) is 2. The average Bonchev–Trinajstić information content (AvgIpc) is 2.67. The standard InChI is InChI=1S/C21H27N5O4/c1-14-5-10-18(28)26(25-14)13-17(27)22-11-12-23-19(29)15-6-8-16(9-7-15)24-20(30)21(2,3)4/h5-10H,11-13H2,1-4H3,(H,22,27)(H,23,29)(H,24,30). The van der Waals surface area contributed by atoms with E-state index in [1.165, 1.54) is 6.07 Å². The second kappa shape index (κ2) is 9.82. The summed E-state index contributed by atoms with van der Waals surface area (Å²) in [7, 11) is 0. The highest BCUT2D eigenvalue weighted by Crippen LogP contribution is 2.17. The lowest BCUT2D eigenvalue weighted by atomic mass is 9.95. The third-order valence-corrected chi connectivity index (χ3v) is 4.11. The number of nitrogens with one attached hydrogen (secondary N) is 3. The van der Waals surface area contributed by atoms with E-state index in [0.29, 0.717) is 16.9 Å². The van der Waals surface area contributed by atoms with Crippen molar-refractivity contribution in [3.63, 3.8) is 0 Å². The van der Waals surface area contributed by atoms with Gasteiger partial charge in [-0.1, -0.05) is 20.8 Å². The van der Waals surface area contributed by atoms with Crippen molar-refractivity contribution in [3.8, 4) is 0 Å². The summed E-state index contributed by atoms with van der Waals surface area (Å²) in [6.45, 7) is 7.44. The third kappa shape index (κ3) is 6.84. The van der Waals surface area contributed by atoms with E-state index in [0.717, 1.165) is 4.68 Å². The van der Waals surface area contributed by atoms with E-state index in [9.17, 15) is 19.2 Å². The SMILES string of the molecule is Cc1ccc(=O)n(CC(=O)NCCNC(=O)c2ccc(NC(=O)C(C)(C)C)cc2)n1. The van der Waals surface area contributed by atoms with Gasteiger partial charge < -0.3 is 16.0 Å². The van der Waals surface area contributed by atoms with Gasteiger partial charge in [0.05, 0.1) is 5.69 Å². The molecule has 9 nitrogen and oxygen atoms in total. The van der Waals surface area contributed by atoms with Crippen LogP contribution in [0.1, 0.15) is 36.8 Å². The van der Waals surface area contributed by atoms with Gasteiger partial charge in [0.1, 0.15) is 6.54 Å². The van der Waals surface area contributed by atoms with Crippen LogP contribution in [0.25, 0.3) is 0 Å². The Bertz CT molecular complexity index is 974. The highest BCUT2D eigenvalue weighted by atomic mass is 16.2. The Morgan fingerprint density at radius 3 is 2.23 bits per heavy atom. The Balaban J connectivity index is 1.76. The molecule has 0 spiro atoms. The van der Waals surface area contributed by atoms with E-state index in [4.69, 9.17) is 0 Å². The monoisotopic (exact) mass is 413 g/mol. The number of hydrogen-bond donors (Lipinski definition) is 3. The molecule has 0 saturated carbocycles. The summed E-state index contributed by atoms with van der Waals surface area (Å²) in [5.41, 5.74) is 0.818. The lowest BCUT2D eigenvalue weighted by molar-refractivity contribution is -0.123. The fourth-order valence-corrected chi connectivity index (χ4v) is 2.36. The molecular formula is C21H27N5O4. The molecular weight excluding hydrogens is 386 g/mol. The van der Waals surface area contributed by atoms with Crippen LogP contribution >= 0.6 is 0 Å². The van der Waals surface area contributed by atoms with Crippen molar-refractivity contribution >= 4 is 23.4 Å². The topological polar surface area (TPSA) is 122 Å². The fraction of sp³-hybridized carbons (Fsp3) is 0.381. The second-order valence-corrected chi connectivity index (χ2v) is 7.86. The number of benzene rings is 1. The molecule has 1 aromatic heterocycles. The van der Waals surface area contributed by atoms with Gasteiger partial charge in [0.2, 0.25) is 11.8 Å². The summed E-state index contributed by atoms with van der Waals surface area (Å²) in [6, 6.07) is 9.48. The van der Waals surface area contributed by atoms with Gasteiger partial charge >= 0.3 is 0 Å². The molecule has 3 amide bonds. The maximum Gasteiger partial charge on any atom is 0.267 e. The van der Waals surface area contributed by atoms with Gasteiger partial charge in [-0.05, 0) is 37.3 Å². The second-order valence-electron chi connectivity index (χ2n) is 7.86. The van der Waals surface area contributed by atoms with E-state index < -0.39 is 5.41 Å². The van der Waals surface area contributed by atoms with Crippen molar-refractivity contribution in [1.29, 1.82) is 0 Å². The van der Waals surface area contributed by atoms with Crippen LogP contribution in [0.15, 0.2) is 41.2 Å². The number of aromatic nitrogens is 2. The molecule has 9 heteroatoms. The van der Waals surface area contributed by atoms with Gasteiger partial charge in [-0.25, -0.2) is 4.68 Å². The summed E-state index contributed by atoms with van der Waals surface area (Å²) >= 11 is 0. The van der Waals surface area contributed by atoms with Crippen LogP contribution in [0.5, 0.6) is 0 Å². The zero-order valence-electron chi connectivity index (χ0n) is 17.6. The molecule has 1 heterocycles. The van der Waals surface area contributed by atoms with E-state index in [2.05, 4.69) is 21.0 Å². The Labute approximate surface area is 174 Å². The molecule has 0 aliphatic heterocycles. The first-order valence-corrected chi connectivity index (χ1v) is 9.57. The molecule has 0 bridgehead atoms. The Morgan fingerprint density at radius 1 is 0.967 bits per heavy atom. The van der Waals surface area contributed by atoms with Crippen LogP contribution in [-0.2, 0) is 16.1 Å². The lowest BCUT2D eigenvalue weighted by Crippen LogP contribution is -2.38. The molecule has 2 rings (SSSR count). The Hall–Kier alpha value is -3.49. The number of hydrogen-bond acceptors (Lipinski definition) is 5. The Morgan fingerprint density at radius 2 is 1.60 bits per heavy atom. The van der Waals surface area contributed by atoms with Gasteiger partial charge in [-0.2, -0.15) is 5.10 Å². The maximum absolute atomic E-state index is 12.2. The predicted octanol–water partition coefficient (Wildman–Crippen LogP) is 1.08. The van der Waals surface area contributed by atoms with Gasteiger partial charge in [0, 0.05) is 35.8 Å². The highest BCUT2D eigenvalue weighted by Gasteiger charge is 2.21. The van der Waals surface area contributed by atoms with Crippen molar-refractivity contribution in [2.45, 2.75) is 34.2 Å². The van der Waals surface area contributed by atoms with Crippen molar-refractivity contribution in [3.05, 3.63) is 58.0 Å². The zero-order valence-corrected chi connectivity index (χ0v) is 17.6. The minimum Gasteiger partial charge on any atom is -0.353 e. The normalized spacial score (nSPS) is 10.9. The van der Waals surface area contributed by atoms with Crippen LogP contribution in [0.4, 0.5) is 5.69 Å². The number of carbonyl (C=O) groups is 3. The molecule has 0 radical (unpaired) electrons. The minimum atomic E-state index is -0.510. The molecule has 3 N–H and O–H groups in total. The lowest BCUT2D eigenvalue weighted by Gasteiger charge is -2.17. The molecule has 2 aromatic rings. The molecule has 0 aliphatic rings. The van der Waals surface area contributed by atoms with Gasteiger partial charge in [-0.3, -0.25) is 19.2 Å². The van der Waals surface area contributed by atoms with Crippen molar-refractivity contribution < 1.29 is 14.4 Å². The van der Waals surface area contributed by atoms with Crippen molar-refractivity contribution in [2.75, 3.05) is 18.4 Å². The Kier molecular flexibility index (Phi) is 7.46. The number of anilines is 1. The first kappa shape index (κ1) is 22.8. The third-order valence-electron chi connectivity index (χ3n) is 4.11. The van der Waals surface area contributed by atoms with E-state index in [-0.39, 0.29) is 42.9 Å². The number of rotatable bonds is 7. The van der Waals surface area contributed by atoms with E-state index in [1.54, 1.807) is 37.3 Å². The molecule has 0 unspecified atom stereocenters. The summed E-state index contributed by atoms with van der Waals surface area (Å²) in [5, 5.41) is 12.1. The van der Waals surface area contributed by atoms with Gasteiger partial charge in [0.25, 0.3) is 11.5 Å². The smallest absolute Gasteiger partial charge is 0.267 e. The highest BCUT2D eigenvalue weighted by molar-refractivity contribution is 5.97. The molecule has 160 valence electrons. The van der Waals surface area contributed by atoms with E-state index in [1.807, 2.05) is 20.8 Å². The van der Waals surface area contributed by atoms with Crippen molar-refractivity contribution in [2.24, 2.45) is 5.41 Å². The van der Waals surface area contributed by atoms with E-state index >= 15 is 0 Å². The first-order valence-electron chi connectivity index (χ1n) is 9.57. The summed E-state index contributed by atoms with van der Waals surface area (Å²) < 4.78 is 1.09. The molecule has 0 fully saturated rings. The minimum absolute atomic E-state index is 0.112. The first-order chi connectivity index (χ1) is 14.1. The van der Waals surface area contributed by atoms with Gasteiger partial charge in [-0.15, -0.1) is 0 Å². The van der Waals surface area contributed by atoms with Crippen LogP contribution < -0.4 is 21.5 Å². The molecule has 0 aliphatic carbocycles. The summed E-state index contributed by atoms with van der Waals surface area (Å²) in [4.78, 5) is 47.8. The maximum atomic E-state index is 12.2. The quantitative estimate of drug-likeness (QED) is 0.587. The number of aryl methyl sites for hydroxylation is 1. The number of amides is 3. The summed E-state index contributed by atoms with van der Waals surface area (Å²) in [5.74, 6) is -0.781. The zero-order chi connectivity index (χ0) is 22.3. The number of carbonyl (C=O) groups excluding carboxylic acids is 3. The summed E-state index contributed by atoms with van der Waals surface area (Å²) in [6.07, 6.45) is 0. The fourth-order valence-electron chi connectivity index (χ4n) is 2.36. The van der Waals surface area contributed by atoms with Crippen LogP contribution in [0.3, 0.4) is 0 Å². The van der Waals surface area contributed by atoms with Crippen LogP contribution in [0.2, 0.25) is 0 Å². The molecule has 1 aromatic carbocycles. The van der Waals surface area contributed by atoms with Gasteiger partial charge in [0.15, 0.2) is 0 Å². The molecule has 0 saturated heterocycles. The molecule has 30 heavy (non-hydrogen) atoms. The van der Waals surface area contributed by atoms with Crippen LogP contribution in [0, 0.1) is 12.3 Å².